The van der Waals surface area contributed by atoms with E-state index in [4.69, 9.17) is 9.47 Å². The van der Waals surface area contributed by atoms with Crippen molar-refractivity contribution in [1.82, 2.24) is 4.90 Å². The van der Waals surface area contributed by atoms with Gasteiger partial charge >= 0.3 is 0 Å². The Hall–Kier alpha value is -2.89. The summed E-state index contributed by atoms with van der Waals surface area (Å²) >= 11 is 0. The van der Waals surface area contributed by atoms with Crippen LogP contribution in [0.25, 0.3) is 6.08 Å². The summed E-state index contributed by atoms with van der Waals surface area (Å²) in [4.78, 5) is 16.2. The molecule has 2 aromatic carbocycles. The fourth-order valence-electron chi connectivity index (χ4n) is 6.90. The molecule has 1 N–H and O–H groups in total. The molecule has 2 bridgehead atoms. The second kappa shape index (κ2) is 7.05. The molecule has 2 aliphatic heterocycles. The molecule has 0 aromatic heterocycles. The molecule has 2 aliphatic carbocycles. The minimum absolute atomic E-state index is 0.0262. The molecule has 4 atom stereocenters. The number of ether oxygens (including phenoxy) is 2. The van der Waals surface area contributed by atoms with E-state index in [0.717, 1.165) is 35.4 Å². The molecule has 5 heteroatoms. The smallest absolute Gasteiger partial charge is 0.200 e. The summed E-state index contributed by atoms with van der Waals surface area (Å²) in [5.41, 5.74) is 2.92. The van der Waals surface area contributed by atoms with Gasteiger partial charge in [-0.15, -0.1) is 0 Å². The van der Waals surface area contributed by atoms with E-state index < -0.39 is 17.1 Å². The molecule has 1 saturated carbocycles. The first-order valence-corrected chi connectivity index (χ1v) is 11.7. The molecule has 0 amide bonds. The van der Waals surface area contributed by atoms with E-state index in [1.54, 1.807) is 7.11 Å². The van der Waals surface area contributed by atoms with Crippen molar-refractivity contribution in [3.8, 4) is 11.5 Å². The Morgan fingerprint density at radius 2 is 2.09 bits per heavy atom. The maximum Gasteiger partial charge on any atom is 0.200 e. The lowest BCUT2D eigenvalue weighted by atomic mass is 9.48. The Kier molecular flexibility index (Phi) is 4.42. The Balaban J connectivity index is 1.57. The number of aliphatic hydroxyl groups is 1. The molecule has 2 fully saturated rings. The number of nitrogens with zero attached hydrogens (tertiary/aromatic N) is 1. The Labute approximate surface area is 194 Å². The van der Waals surface area contributed by atoms with Crippen LogP contribution < -0.4 is 9.47 Å². The molecule has 2 heterocycles. The van der Waals surface area contributed by atoms with E-state index in [9.17, 15) is 9.90 Å². The molecule has 6 rings (SSSR count). The number of likely N-dealkylation sites (tertiary alicyclic amines) is 1. The number of piperidine rings is 1. The molecule has 5 nitrogen and oxygen atoms in total. The van der Waals surface area contributed by atoms with Crippen LogP contribution in [-0.4, -0.2) is 53.7 Å². The van der Waals surface area contributed by atoms with E-state index in [2.05, 4.69) is 17.5 Å². The van der Waals surface area contributed by atoms with Crippen molar-refractivity contribution in [1.29, 1.82) is 0 Å². The van der Waals surface area contributed by atoms with Gasteiger partial charge in [0, 0.05) is 36.7 Å². The van der Waals surface area contributed by atoms with Crippen LogP contribution in [0.4, 0.5) is 0 Å². The van der Waals surface area contributed by atoms with Crippen molar-refractivity contribution in [3.05, 3.63) is 76.9 Å². The third kappa shape index (κ3) is 2.63. The van der Waals surface area contributed by atoms with E-state index in [1.807, 2.05) is 49.4 Å². The molecule has 170 valence electrons. The minimum Gasteiger partial charge on any atom is -0.493 e. The SMILES string of the molecule is C=C(C)CN1CC[C@]23c4c5ccc(OC)c4O[C@H]2C(=O)/C(=C/c2ccccc2)C[C@@]3(O)[C@H]1C5. The van der Waals surface area contributed by atoms with Crippen molar-refractivity contribution in [2.75, 3.05) is 20.2 Å². The average Bonchev–Trinajstić information content (AvgIpc) is 3.14. The molecule has 0 radical (unpaired) electrons. The zero-order chi connectivity index (χ0) is 23.0. The lowest BCUT2D eigenvalue weighted by Crippen LogP contribution is -2.77. The molecule has 33 heavy (non-hydrogen) atoms. The van der Waals surface area contributed by atoms with Crippen molar-refractivity contribution in [3.63, 3.8) is 0 Å². The molecule has 2 aromatic rings. The van der Waals surface area contributed by atoms with Gasteiger partial charge in [0.1, 0.15) is 0 Å². The standard InChI is InChI=1S/C28H29NO4/c1-17(2)16-29-12-11-27-23-19-9-10-21(32-3)25(23)33-26(27)24(30)20(13-18-7-5-4-6-8-18)15-28(27,31)22(29)14-19/h4-10,13,22,26,31H,1,11-12,14-16H2,2-3H3/b20-13+/t22-,26+,27+,28-/m1/s1. The van der Waals surface area contributed by atoms with Gasteiger partial charge in [0.2, 0.25) is 0 Å². The lowest BCUT2D eigenvalue weighted by Gasteiger charge is -2.62. The summed E-state index contributed by atoms with van der Waals surface area (Å²) in [5.74, 6) is 1.24. The summed E-state index contributed by atoms with van der Waals surface area (Å²) in [6, 6.07) is 13.7. The summed E-state index contributed by atoms with van der Waals surface area (Å²) in [6.07, 6.45) is 2.86. The zero-order valence-corrected chi connectivity index (χ0v) is 19.1. The Bertz CT molecular complexity index is 1200. The predicted molar refractivity (Wildman–Crippen MR) is 127 cm³/mol. The highest BCUT2D eigenvalue weighted by molar-refractivity contribution is 6.06. The topological polar surface area (TPSA) is 59.0 Å². The number of hydrogen-bond donors (Lipinski definition) is 1. The summed E-state index contributed by atoms with van der Waals surface area (Å²) in [5, 5.41) is 12.6. The van der Waals surface area contributed by atoms with Crippen molar-refractivity contribution in [2.24, 2.45) is 0 Å². The van der Waals surface area contributed by atoms with Crippen LogP contribution >= 0.6 is 0 Å². The highest BCUT2D eigenvalue weighted by Gasteiger charge is 2.74. The number of methoxy groups -OCH3 is 1. The maximum atomic E-state index is 13.9. The number of Topliss-reactive ketones (excluding diaryl/α,β-unsaturated/α-hetero) is 1. The van der Waals surface area contributed by atoms with Gasteiger partial charge in [0.05, 0.1) is 18.1 Å². The largest absolute Gasteiger partial charge is 0.493 e. The second-order valence-corrected chi connectivity index (χ2v) is 10.0. The number of benzene rings is 2. The molecule has 1 spiro atoms. The lowest BCUT2D eigenvalue weighted by molar-refractivity contribution is -0.178. The van der Waals surface area contributed by atoms with Gasteiger partial charge in [-0.05, 0) is 43.0 Å². The molecule has 1 saturated heterocycles. The van der Waals surface area contributed by atoms with Gasteiger partial charge in [-0.3, -0.25) is 9.69 Å². The van der Waals surface area contributed by atoms with Crippen LogP contribution in [-0.2, 0) is 16.6 Å². The number of hydrogen-bond acceptors (Lipinski definition) is 5. The molecule has 4 aliphatic rings. The van der Waals surface area contributed by atoms with Crippen LogP contribution in [0.5, 0.6) is 11.5 Å². The average molecular weight is 444 g/mol. The second-order valence-electron chi connectivity index (χ2n) is 10.0. The van der Waals surface area contributed by atoms with Crippen molar-refractivity contribution >= 4 is 11.9 Å². The van der Waals surface area contributed by atoms with Crippen LogP contribution in [0.3, 0.4) is 0 Å². The maximum absolute atomic E-state index is 13.9. The van der Waals surface area contributed by atoms with Gasteiger partial charge in [-0.25, -0.2) is 0 Å². The van der Waals surface area contributed by atoms with Crippen LogP contribution in [0.2, 0.25) is 0 Å². The fraction of sp³-hybridized carbons (Fsp3) is 0.393. The van der Waals surface area contributed by atoms with Gasteiger partial charge in [-0.2, -0.15) is 0 Å². The Morgan fingerprint density at radius 1 is 1.30 bits per heavy atom. The zero-order valence-electron chi connectivity index (χ0n) is 19.1. The van der Waals surface area contributed by atoms with Crippen LogP contribution in [0, 0.1) is 0 Å². The van der Waals surface area contributed by atoms with E-state index in [-0.39, 0.29) is 11.8 Å². The highest BCUT2D eigenvalue weighted by Crippen LogP contribution is 2.65. The monoisotopic (exact) mass is 443 g/mol. The first-order chi connectivity index (χ1) is 15.9. The minimum atomic E-state index is -1.12. The predicted octanol–water partition coefficient (Wildman–Crippen LogP) is 3.69. The number of rotatable bonds is 4. The van der Waals surface area contributed by atoms with Crippen molar-refractivity contribution in [2.45, 2.75) is 49.3 Å². The number of carbonyl (C=O) groups excluding carboxylic acids is 1. The highest BCUT2D eigenvalue weighted by atomic mass is 16.5. The molecule has 0 unspecified atom stereocenters. The van der Waals surface area contributed by atoms with Gasteiger partial charge in [0.25, 0.3) is 0 Å². The number of carbonyl (C=O) groups is 1. The van der Waals surface area contributed by atoms with Crippen LogP contribution in [0.1, 0.15) is 36.5 Å². The summed E-state index contributed by atoms with van der Waals surface area (Å²) in [7, 11) is 1.62. The number of ketones is 1. The van der Waals surface area contributed by atoms with Gasteiger partial charge in [0.15, 0.2) is 23.4 Å². The third-order valence-electron chi connectivity index (χ3n) is 8.16. The van der Waals surface area contributed by atoms with Gasteiger partial charge in [-0.1, -0.05) is 48.6 Å². The van der Waals surface area contributed by atoms with Crippen LogP contribution in [0.15, 0.2) is 60.2 Å². The third-order valence-corrected chi connectivity index (χ3v) is 8.16. The quantitative estimate of drug-likeness (QED) is 0.577. The van der Waals surface area contributed by atoms with E-state index >= 15 is 0 Å². The Morgan fingerprint density at radius 3 is 2.82 bits per heavy atom. The van der Waals surface area contributed by atoms with Crippen molar-refractivity contribution < 1.29 is 19.4 Å². The van der Waals surface area contributed by atoms with Gasteiger partial charge < -0.3 is 14.6 Å². The summed E-state index contributed by atoms with van der Waals surface area (Å²) < 4.78 is 12.1. The normalized spacial score (nSPS) is 32.9. The van der Waals surface area contributed by atoms with E-state index in [0.29, 0.717) is 36.3 Å². The molecular weight excluding hydrogens is 414 g/mol. The summed E-state index contributed by atoms with van der Waals surface area (Å²) in [6.45, 7) is 7.68. The van der Waals surface area contributed by atoms with E-state index in [1.165, 1.54) is 0 Å². The first kappa shape index (κ1) is 20.7. The fourth-order valence-corrected chi connectivity index (χ4v) is 6.90. The molecular formula is C28H29NO4. The first-order valence-electron chi connectivity index (χ1n) is 11.7.